The Hall–Kier alpha value is -1.44. The molecule has 2 aromatic heterocycles. The average Bonchev–Trinajstić information content (AvgIpc) is 3.26. The largest absolute Gasteiger partial charge is 0.434 e. The Kier molecular flexibility index (Phi) is 8.26. The SMILES string of the molecule is CCNC(=NCc1nc(C(F)(F)F)cs1)NC1CCc2nc(C(C)C)nn2C1.I. The van der Waals surface area contributed by atoms with Gasteiger partial charge in [0, 0.05) is 30.3 Å². The molecule has 0 saturated carbocycles. The Morgan fingerprint density at radius 2 is 2.14 bits per heavy atom. The number of hydrogen-bond acceptors (Lipinski definition) is 5. The first kappa shape index (κ1) is 23.8. The van der Waals surface area contributed by atoms with Crippen LogP contribution in [-0.4, -0.2) is 38.3 Å². The molecule has 3 rings (SSSR count). The average molecular weight is 543 g/mol. The number of fused-ring (bicyclic) bond motifs is 1. The zero-order valence-electron chi connectivity index (χ0n) is 16.5. The lowest BCUT2D eigenvalue weighted by molar-refractivity contribution is -0.140. The second-order valence-electron chi connectivity index (χ2n) is 6.92. The van der Waals surface area contributed by atoms with E-state index in [0.29, 0.717) is 24.1 Å². The first-order valence-corrected chi connectivity index (χ1v) is 10.1. The van der Waals surface area contributed by atoms with Crippen LogP contribution in [0.5, 0.6) is 0 Å². The highest BCUT2D eigenvalue weighted by Crippen LogP contribution is 2.30. The minimum absolute atomic E-state index is 0. The predicted octanol–water partition coefficient (Wildman–Crippen LogP) is 3.56. The molecular formula is C17H25F3IN7S. The Morgan fingerprint density at radius 3 is 2.76 bits per heavy atom. The molecule has 1 aliphatic rings. The van der Waals surface area contributed by atoms with Gasteiger partial charge in [-0.25, -0.2) is 19.6 Å². The van der Waals surface area contributed by atoms with E-state index in [9.17, 15) is 13.2 Å². The van der Waals surface area contributed by atoms with E-state index in [1.807, 2.05) is 11.6 Å². The minimum atomic E-state index is -4.42. The summed E-state index contributed by atoms with van der Waals surface area (Å²) in [6.07, 6.45) is -2.72. The third-order valence-corrected chi connectivity index (χ3v) is 5.12. The molecule has 0 aromatic carbocycles. The summed E-state index contributed by atoms with van der Waals surface area (Å²) in [4.78, 5) is 12.6. The van der Waals surface area contributed by atoms with E-state index in [-0.39, 0.29) is 42.5 Å². The summed E-state index contributed by atoms with van der Waals surface area (Å²) < 4.78 is 39.9. The summed E-state index contributed by atoms with van der Waals surface area (Å²) in [6, 6.07) is 0.119. The lowest BCUT2D eigenvalue weighted by Gasteiger charge is -2.25. The second-order valence-corrected chi connectivity index (χ2v) is 7.87. The Balaban J connectivity index is 0.00000300. The quantitative estimate of drug-likeness (QED) is 0.343. The molecule has 0 spiro atoms. The molecule has 0 saturated heterocycles. The maximum absolute atomic E-state index is 12.7. The van der Waals surface area contributed by atoms with Gasteiger partial charge in [0.15, 0.2) is 17.5 Å². The van der Waals surface area contributed by atoms with Crippen molar-refractivity contribution < 1.29 is 13.2 Å². The minimum Gasteiger partial charge on any atom is -0.357 e. The monoisotopic (exact) mass is 543 g/mol. The maximum atomic E-state index is 12.7. The molecule has 162 valence electrons. The van der Waals surface area contributed by atoms with Crippen molar-refractivity contribution in [2.24, 2.45) is 4.99 Å². The van der Waals surface area contributed by atoms with E-state index >= 15 is 0 Å². The molecule has 2 N–H and O–H groups in total. The number of aliphatic imine (C=N–C) groups is 1. The molecule has 1 aliphatic heterocycles. The van der Waals surface area contributed by atoms with Crippen molar-refractivity contribution in [2.45, 2.75) is 64.8 Å². The van der Waals surface area contributed by atoms with Gasteiger partial charge < -0.3 is 10.6 Å². The molecule has 0 aliphatic carbocycles. The lowest BCUT2D eigenvalue weighted by atomic mass is 10.1. The number of alkyl halides is 3. The molecule has 12 heteroatoms. The molecule has 0 radical (unpaired) electrons. The van der Waals surface area contributed by atoms with E-state index in [4.69, 9.17) is 0 Å². The Labute approximate surface area is 188 Å². The summed E-state index contributed by atoms with van der Waals surface area (Å²) in [5.74, 6) is 2.68. The van der Waals surface area contributed by atoms with Crippen molar-refractivity contribution in [3.63, 3.8) is 0 Å². The van der Waals surface area contributed by atoms with Gasteiger partial charge in [0.1, 0.15) is 10.8 Å². The number of aryl methyl sites for hydroxylation is 1. The highest BCUT2D eigenvalue weighted by Gasteiger charge is 2.33. The maximum Gasteiger partial charge on any atom is 0.434 e. The standard InChI is InChI=1S/C17H24F3N7S.HI/c1-4-21-16(22-7-14-24-12(9-28-14)17(18,19)20)23-11-5-6-13-25-15(10(2)3)26-27(13)8-11;/h9-11H,4-8H2,1-3H3,(H2,21,22,23);1H. The van der Waals surface area contributed by atoms with Crippen LogP contribution in [0.15, 0.2) is 10.4 Å². The molecule has 29 heavy (non-hydrogen) atoms. The number of nitrogens with one attached hydrogen (secondary N) is 2. The predicted molar refractivity (Wildman–Crippen MR) is 117 cm³/mol. The summed E-state index contributed by atoms with van der Waals surface area (Å²) in [7, 11) is 0. The molecule has 0 amide bonds. The smallest absolute Gasteiger partial charge is 0.357 e. The van der Waals surface area contributed by atoms with Gasteiger partial charge in [-0.15, -0.1) is 35.3 Å². The van der Waals surface area contributed by atoms with Crippen molar-refractivity contribution in [2.75, 3.05) is 6.54 Å². The highest BCUT2D eigenvalue weighted by atomic mass is 127. The van der Waals surface area contributed by atoms with Gasteiger partial charge in [0.2, 0.25) is 0 Å². The molecule has 2 aromatic rings. The van der Waals surface area contributed by atoms with E-state index in [1.54, 1.807) is 0 Å². The number of hydrogen-bond donors (Lipinski definition) is 2. The molecule has 1 atom stereocenters. The normalized spacial score (nSPS) is 17.1. The number of guanidine groups is 1. The van der Waals surface area contributed by atoms with Crippen molar-refractivity contribution in [3.8, 4) is 0 Å². The van der Waals surface area contributed by atoms with Crippen molar-refractivity contribution in [1.29, 1.82) is 0 Å². The van der Waals surface area contributed by atoms with Crippen molar-refractivity contribution in [3.05, 3.63) is 27.7 Å². The molecule has 7 nitrogen and oxygen atoms in total. The van der Waals surface area contributed by atoms with Gasteiger partial charge in [-0.3, -0.25) is 0 Å². The van der Waals surface area contributed by atoms with Gasteiger partial charge in [0.25, 0.3) is 0 Å². The highest BCUT2D eigenvalue weighted by molar-refractivity contribution is 14.0. The fraction of sp³-hybridized carbons (Fsp3) is 0.647. The lowest BCUT2D eigenvalue weighted by Crippen LogP contribution is -2.47. The first-order valence-electron chi connectivity index (χ1n) is 9.26. The fourth-order valence-corrected chi connectivity index (χ4v) is 3.59. The Bertz CT molecular complexity index is 831. The summed E-state index contributed by atoms with van der Waals surface area (Å²) in [5.41, 5.74) is -0.868. The number of rotatable bonds is 5. The van der Waals surface area contributed by atoms with E-state index in [0.717, 1.165) is 41.2 Å². The summed E-state index contributed by atoms with van der Waals surface area (Å²) >= 11 is 0.963. The van der Waals surface area contributed by atoms with Crippen molar-refractivity contribution in [1.82, 2.24) is 30.4 Å². The molecule has 0 bridgehead atoms. The number of halogens is 4. The van der Waals surface area contributed by atoms with Crippen LogP contribution in [0.1, 0.15) is 55.5 Å². The molecular weight excluding hydrogens is 518 g/mol. The molecule has 3 heterocycles. The molecule has 1 unspecified atom stereocenters. The summed E-state index contributed by atoms with van der Waals surface area (Å²) in [5, 5.41) is 12.4. The number of thiazole rings is 1. The van der Waals surface area contributed by atoms with Crippen LogP contribution >= 0.6 is 35.3 Å². The van der Waals surface area contributed by atoms with E-state index in [2.05, 4.69) is 44.5 Å². The third-order valence-electron chi connectivity index (χ3n) is 4.29. The number of nitrogens with zero attached hydrogens (tertiary/aromatic N) is 5. The number of aromatic nitrogens is 4. The topological polar surface area (TPSA) is 80.0 Å². The van der Waals surface area contributed by atoms with Gasteiger partial charge in [0.05, 0.1) is 13.1 Å². The van der Waals surface area contributed by atoms with E-state index in [1.165, 1.54) is 0 Å². The van der Waals surface area contributed by atoms with Crippen LogP contribution in [0.4, 0.5) is 13.2 Å². The van der Waals surface area contributed by atoms with Crippen LogP contribution in [0.25, 0.3) is 0 Å². The fourth-order valence-electron chi connectivity index (χ4n) is 2.86. The zero-order chi connectivity index (χ0) is 20.3. The first-order chi connectivity index (χ1) is 13.3. The zero-order valence-corrected chi connectivity index (χ0v) is 19.6. The summed E-state index contributed by atoms with van der Waals surface area (Å²) in [6.45, 7) is 7.49. The third kappa shape index (κ3) is 6.27. The van der Waals surface area contributed by atoms with Crippen molar-refractivity contribution >= 4 is 41.3 Å². The van der Waals surface area contributed by atoms with E-state index < -0.39 is 11.9 Å². The van der Waals surface area contributed by atoms with Gasteiger partial charge in [-0.2, -0.15) is 18.3 Å². The Morgan fingerprint density at radius 1 is 1.38 bits per heavy atom. The second kappa shape index (κ2) is 10.0. The van der Waals surface area contributed by atoms with Gasteiger partial charge >= 0.3 is 6.18 Å². The van der Waals surface area contributed by atoms with Crippen LogP contribution in [0, 0.1) is 0 Å². The molecule has 0 fully saturated rings. The van der Waals surface area contributed by atoms with Crippen LogP contribution in [-0.2, 0) is 25.7 Å². The van der Waals surface area contributed by atoms with Gasteiger partial charge in [-0.1, -0.05) is 13.8 Å². The van der Waals surface area contributed by atoms with Gasteiger partial charge in [-0.05, 0) is 13.3 Å². The van der Waals surface area contributed by atoms with Crippen LogP contribution in [0.3, 0.4) is 0 Å². The van der Waals surface area contributed by atoms with Crippen LogP contribution < -0.4 is 10.6 Å². The van der Waals surface area contributed by atoms with Crippen LogP contribution in [0.2, 0.25) is 0 Å².